The molecule has 0 radical (unpaired) electrons. The maximum atomic E-state index is 9.56. The fourth-order valence-electron chi connectivity index (χ4n) is 2.06. The number of pyridine rings is 1. The molecule has 0 aliphatic carbocycles. The Bertz CT molecular complexity index is 500. The van der Waals surface area contributed by atoms with E-state index < -0.39 is 0 Å². The van der Waals surface area contributed by atoms with Gasteiger partial charge in [0.2, 0.25) is 0 Å². The Labute approximate surface area is 126 Å². The third-order valence-electron chi connectivity index (χ3n) is 3.09. The predicted molar refractivity (Wildman–Crippen MR) is 81.4 cm³/mol. The lowest BCUT2D eigenvalue weighted by molar-refractivity contribution is 0.225. The van der Waals surface area contributed by atoms with E-state index in [1.165, 1.54) is 5.56 Å². The number of aliphatic hydroxyl groups is 1. The summed E-state index contributed by atoms with van der Waals surface area (Å²) >= 11 is 9.64. The SMILES string of the molecule is OCC(Cc1ccncc1Cl)Cc1ccccc1Br. The van der Waals surface area contributed by atoms with E-state index in [0.717, 1.165) is 22.9 Å². The summed E-state index contributed by atoms with van der Waals surface area (Å²) in [7, 11) is 0. The van der Waals surface area contributed by atoms with Crippen LogP contribution in [0.5, 0.6) is 0 Å². The molecule has 0 aliphatic heterocycles. The molecule has 2 rings (SSSR count). The lowest BCUT2D eigenvalue weighted by Crippen LogP contribution is -2.13. The van der Waals surface area contributed by atoms with Gasteiger partial charge in [-0.2, -0.15) is 0 Å². The molecule has 100 valence electrons. The molecule has 2 nitrogen and oxygen atoms in total. The van der Waals surface area contributed by atoms with Crippen LogP contribution in [0.3, 0.4) is 0 Å². The Morgan fingerprint density at radius 2 is 1.89 bits per heavy atom. The monoisotopic (exact) mass is 339 g/mol. The fraction of sp³-hybridized carbons (Fsp3) is 0.267. The molecule has 0 aliphatic rings. The highest BCUT2D eigenvalue weighted by molar-refractivity contribution is 9.10. The van der Waals surface area contributed by atoms with E-state index >= 15 is 0 Å². The van der Waals surface area contributed by atoms with Crippen LogP contribution in [0.15, 0.2) is 47.2 Å². The standard InChI is InChI=1S/C15H15BrClNO/c16-14-4-2-1-3-12(14)7-11(10-19)8-13-5-6-18-9-15(13)17/h1-6,9,11,19H,7-8,10H2. The van der Waals surface area contributed by atoms with Crippen molar-refractivity contribution in [1.82, 2.24) is 4.98 Å². The Kier molecular flexibility index (Phi) is 5.37. The second-order valence-corrected chi connectivity index (χ2v) is 5.78. The van der Waals surface area contributed by atoms with Gasteiger partial charge in [-0.1, -0.05) is 45.7 Å². The van der Waals surface area contributed by atoms with E-state index in [2.05, 4.69) is 27.0 Å². The van der Waals surface area contributed by atoms with Gasteiger partial charge in [0.25, 0.3) is 0 Å². The first-order valence-electron chi connectivity index (χ1n) is 6.13. The summed E-state index contributed by atoms with van der Waals surface area (Å²) in [5.41, 5.74) is 2.23. The van der Waals surface area contributed by atoms with Crippen LogP contribution in [0.25, 0.3) is 0 Å². The van der Waals surface area contributed by atoms with Crippen molar-refractivity contribution in [2.24, 2.45) is 5.92 Å². The summed E-state index contributed by atoms with van der Waals surface area (Å²) < 4.78 is 1.08. The van der Waals surface area contributed by atoms with E-state index in [-0.39, 0.29) is 12.5 Å². The van der Waals surface area contributed by atoms with Crippen LogP contribution in [0.4, 0.5) is 0 Å². The first kappa shape index (κ1) is 14.5. The second-order valence-electron chi connectivity index (χ2n) is 4.52. The van der Waals surface area contributed by atoms with Crippen LogP contribution in [-0.2, 0) is 12.8 Å². The number of aromatic nitrogens is 1. The summed E-state index contributed by atoms with van der Waals surface area (Å²) in [5.74, 6) is 0.151. The molecule has 0 spiro atoms. The normalized spacial score (nSPS) is 12.4. The van der Waals surface area contributed by atoms with Gasteiger partial charge in [-0.3, -0.25) is 4.98 Å². The van der Waals surface area contributed by atoms with Crippen molar-refractivity contribution in [1.29, 1.82) is 0 Å². The van der Waals surface area contributed by atoms with Crippen molar-refractivity contribution in [2.75, 3.05) is 6.61 Å². The molecule has 4 heteroatoms. The molecule has 1 aromatic heterocycles. The molecule has 1 unspecified atom stereocenters. The minimum absolute atomic E-state index is 0.139. The molecule has 0 saturated carbocycles. The van der Waals surface area contributed by atoms with E-state index in [0.29, 0.717) is 5.02 Å². The van der Waals surface area contributed by atoms with Gasteiger partial charge < -0.3 is 5.11 Å². The van der Waals surface area contributed by atoms with Gasteiger partial charge in [0.15, 0.2) is 0 Å². The number of benzene rings is 1. The molecule has 1 heterocycles. The minimum atomic E-state index is 0.139. The summed E-state index contributed by atoms with van der Waals surface area (Å²) in [6.07, 6.45) is 4.94. The number of hydrogen-bond donors (Lipinski definition) is 1. The highest BCUT2D eigenvalue weighted by atomic mass is 79.9. The second kappa shape index (κ2) is 7.04. The van der Waals surface area contributed by atoms with Gasteiger partial charge in [-0.15, -0.1) is 0 Å². The molecule has 0 fully saturated rings. The van der Waals surface area contributed by atoms with E-state index in [9.17, 15) is 5.11 Å². The van der Waals surface area contributed by atoms with Crippen molar-refractivity contribution in [3.63, 3.8) is 0 Å². The molecular formula is C15H15BrClNO. The molecular weight excluding hydrogens is 326 g/mol. The molecule has 1 N–H and O–H groups in total. The zero-order valence-electron chi connectivity index (χ0n) is 10.4. The Morgan fingerprint density at radius 1 is 1.16 bits per heavy atom. The third kappa shape index (κ3) is 4.03. The zero-order valence-corrected chi connectivity index (χ0v) is 12.7. The Balaban J connectivity index is 2.09. The zero-order chi connectivity index (χ0) is 13.7. The van der Waals surface area contributed by atoms with Crippen LogP contribution >= 0.6 is 27.5 Å². The highest BCUT2D eigenvalue weighted by Gasteiger charge is 2.13. The largest absolute Gasteiger partial charge is 0.396 e. The lowest BCUT2D eigenvalue weighted by atomic mass is 9.93. The summed E-state index contributed by atoms with van der Waals surface area (Å²) in [6.45, 7) is 0.139. The van der Waals surface area contributed by atoms with Gasteiger partial charge in [0, 0.05) is 23.5 Å². The summed E-state index contributed by atoms with van der Waals surface area (Å²) in [5, 5.41) is 10.2. The topological polar surface area (TPSA) is 33.1 Å². The first-order valence-corrected chi connectivity index (χ1v) is 7.30. The van der Waals surface area contributed by atoms with Gasteiger partial charge in [-0.05, 0) is 42.0 Å². The highest BCUT2D eigenvalue weighted by Crippen LogP contribution is 2.23. The molecule has 1 aromatic carbocycles. The van der Waals surface area contributed by atoms with Crippen LogP contribution in [-0.4, -0.2) is 16.7 Å². The summed E-state index contributed by atoms with van der Waals surface area (Å²) in [4.78, 5) is 3.97. The lowest BCUT2D eigenvalue weighted by Gasteiger charge is -2.16. The molecule has 2 aromatic rings. The van der Waals surface area contributed by atoms with E-state index in [4.69, 9.17) is 11.6 Å². The van der Waals surface area contributed by atoms with E-state index in [1.807, 2.05) is 24.3 Å². The van der Waals surface area contributed by atoms with Gasteiger partial charge in [0.1, 0.15) is 0 Å². The minimum Gasteiger partial charge on any atom is -0.396 e. The third-order valence-corrected chi connectivity index (χ3v) is 4.20. The molecule has 1 atom stereocenters. The maximum absolute atomic E-state index is 9.56. The van der Waals surface area contributed by atoms with Crippen LogP contribution in [0, 0.1) is 5.92 Å². The summed E-state index contributed by atoms with van der Waals surface area (Å²) in [6, 6.07) is 9.99. The quantitative estimate of drug-likeness (QED) is 0.895. The average molecular weight is 341 g/mol. The first-order chi connectivity index (χ1) is 9.20. The average Bonchev–Trinajstić information content (AvgIpc) is 2.42. The predicted octanol–water partition coefficient (Wildman–Crippen LogP) is 3.89. The number of aliphatic hydroxyl groups excluding tert-OH is 1. The number of hydrogen-bond acceptors (Lipinski definition) is 2. The van der Waals surface area contributed by atoms with Crippen molar-refractivity contribution >= 4 is 27.5 Å². The van der Waals surface area contributed by atoms with Crippen molar-refractivity contribution in [3.05, 3.63) is 63.3 Å². The van der Waals surface area contributed by atoms with Crippen molar-refractivity contribution in [2.45, 2.75) is 12.8 Å². The molecule has 19 heavy (non-hydrogen) atoms. The molecule has 0 saturated heterocycles. The van der Waals surface area contributed by atoms with Gasteiger partial charge in [0.05, 0.1) is 5.02 Å². The molecule has 0 bridgehead atoms. The number of nitrogens with zero attached hydrogens (tertiary/aromatic N) is 1. The van der Waals surface area contributed by atoms with Crippen LogP contribution in [0.1, 0.15) is 11.1 Å². The van der Waals surface area contributed by atoms with Crippen LogP contribution in [0.2, 0.25) is 5.02 Å². The van der Waals surface area contributed by atoms with E-state index in [1.54, 1.807) is 12.4 Å². The maximum Gasteiger partial charge on any atom is 0.0621 e. The molecule has 0 amide bonds. The fourth-order valence-corrected chi connectivity index (χ4v) is 2.70. The smallest absolute Gasteiger partial charge is 0.0621 e. The number of rotatable bonds is 5. The van der Waals surface area contributed by atoms with Gasteiger partial charge in [-0.25, -0.2) is 0 Å². The van der Waals surface area contributed by atoms with Crippen molar-refractivity contribution < 1.29 is 5.11 Å². The Morgan fingerprint density at radius 3 is 2.58 bits per heavy atom. The van der Waals surface area contributed by atoms with Gasteiger partial charge >= 0.3 is 0 Å². The van der Waals surface area contributed by atoms with Crippen molar-refractivity contribution in [3.8, 4) is 0 Å². The Hall–Kier alpha value is -0.900. The number of halogens is 2. The van der Waals surface area contributed by atoms with Crippen LogP contribution < -0.4 is 0 Å².